The molecule has 0 atom stereocenters. The van der Waals surface area contributed by atoms with Crippen LogP contribution in [0.25, 0.3) is 16.8 Å². The van der Waals surface area contributed by atoms with Gasteiger partial charge in [0, 0.05) is 69.9 Å². The van der Waals surface area contributed by atoms with E-state index in [-0.39, 0.29) is 22.9 Å². The van der Waals surface area contributed by atoms with Gasteiger partial charge in [-0.05, 0) is 49.2 Å². The van der Waals surface area contributed by atoms with Crippen LogP contribution >= 0.6 is 11.3 Å². The number of halogens is 1. The number of carbonyl (C=O) groups is 1. The smallest absolute Gasteiger partial charge is 0.292 e. The molecule has 1 amide bonds. The zero-order chi connectivity index (χ0) is 31.0. The number of aromatic nitrogens is 3. The molecule has 2 saturated heterocycles. The highest BCUT2D eigenvalue weighted by atomic mass is 32.1. The van der Waals surface area contributed by atoms with Crippen LogP contribution in [0.2, 0.25) is 0 Å². The molecule has 0 aliphatic carbocycles. The van der Waals surface area contributed by atoms with Crippen molar-refractivity contribution >= 4 is 39.3 Å². The first-order valence-electron chi connectivity index (χ1n) is 14.5. The number of likely N-dealkylation sites (tertiary alicyclic amines) is 1. The van der Waals surface area contributed by atoms with Gasteiger partial charge in [0.05, 0.1) is 16.9 Å². The fourth-order valence-electron chi connectivity index (χ4n) is 6.38. The Bertz CT molecular complexity index is 1870. The summed E-state index contributed by atoms with van der Waals surface area (Å²) in [6.07, 6.45) is 4.19. The molecule has 0 saturated carbocycles. The summed E-state index contributed by atoms with van der Waals surface area (Å²) in [5, 5.41) is 15.4. The van der Waals surface area contributed by atoms with Gasteiger partial charge in [0.15, 0.2) is 5.13 Å². The molecule has 0 radical (unpaired) electrons. The second-order valence-electron chi connectivity index (χ2n) is 12.3. The number of aryl methyl sites for hydroxylation is 2. The molecule has 4 aromatic rings. The minimum atomic E-state index is -0.808. The highest BCUT2D eigenvalue weighted by Gasteiger charge is 2.54. The van der Waals surface area contributed by atoms with Crippen molar-refractivity contribution in [2.24, 2.45) is 5.41 Å². The topological polar surface area (TPSA) is 99.2 Å². The number of amides is 1. The Hall–Kier alpha value is -4.63. The molecular formula is C32H32FN7O3S. The van der Waals surface area contributed by atoms with Crippen LogP contribution in [0.4, 0.5) is 20.9 Å². The van der Waals surface area contributed by atoms with Crippen LogP contribution in [0.1, 0.15) is 36.9 Å². The van der Waals surface area contributed by atoms with E-state index in [0.717, 1.165) is 47.7 Å². The minimum absolute atomic E-state index is 0.0730. The SMILES string of the molecule is CCc1nn2cc(C)c(N3CC4(CN(C(=O)C5=COC(C)(C)O5)C4)C3)cc2c1N(C)c1nc(-c2ccc(F)cc2)c(C#N)s1. The van der Waals surface area contributed by atoms with E-state index in [0.29, 0.717) is 34.4 Å². The summed E-state index contributed by atoms with van der Waals surface area (Å²) in [5.74, 6) is -1.01. The van der Waals surface area contributed by atoms with Crippen LogP contribution in [-0.2, 0) is 20.7 Å². The first-order chi connectivity index (χ1) is 21.0. The van der Waals surface area contributed by atoms with E-state index in [9.17, 15) is 14.4 Å². The molecular weight excluding hydrogens is 581 g/mol. The van der Waals surface area contributed by atoms with E-state index >= 15 is 0 Å². The molecule has 2 fully saturated rings. The zero-order valence-electron chi connectivity index (χ0n) is 25.2. The maximum Gasteiger partial charge on any atom is 0.292 e. The maximum atomic E-state index is 13.5. The molecule has 0 bridgehead atoms. The molecule has 0 unspecified atom stereocenters. The second-order valence-corrected chi connectivity index (χ2v) is 13.3. The van der Waals surface area contributed by atoms with Crippen LogP contribution < -0.4 is 9.80 Å². The van der Waals surface area contributed by atoms with Gasteiger partial charge in [-0.3, -0.25) is 4.79 Å². The molecule has 44 heavy (non-hydrogen) atoms. The molecule has 1 aromatic carbocycles. The number of benzene rings is 1. The van der Waals surface area contributed by atoms with Gasteiger partial charge >= 0.3 is 0 Å². The van der Waals surface area contributed by atoms with Gasteiger partial charge in [0.25, 0.3) is 5.91 Å². The van der Waals surface area contributed by atoms with Crippen molar-refractivity contribution in [2.45, 2.75) is 39.9 Å². The van der Waals surface area contributed by atoms with Crippen LogP contribution in [0, 0.1) is 29.5 Å². The van der Waals surface area contributed by atoms with E-state index in [1.807, 2.05) is 21.4 Å². The number of nitriles is 1. The molecule has 226 valence electrons. The van der Waals surface area contributed by atoms with Crippen molar-refractivity contribution in [3.05, 3.63) is 70.5 Å². The van der Waals surface area contributed by atoms with Crippen LogP contribution in [0.5, 0.6) is 0 Å². The van der Waals surface area contributed by atoms with Gasteiger partial charge in [-0.25, -0.2) is 13.9 Å². The Morgan fingerprint density at radius 1 is 1.20 bits per heavy atom. The number of anilines is 3. The predicted octanol–water partition coefficient (Wildman–Crippen LogP) is 5.38. The van der Waals surface area contributed by atoms with Crippen molar-refractivity contribution in [2.75, 3.05) is 43.0 Å². The largest absolute Gasteiger partial charge is 0.456 e. The summed E-state index contributed by atoms with van der Waals surface area (Å²) in [6.45, 7) is 10.8. The second kappa shape index (κ2) is 9.95. The first-order valence-corrected chi connectivity index (χ1v) is 15.3. The van der Waals surface area contributed by atoms with E-state index in [4.69, 9.17) is 19.6 Å². The summed E-state index contributed by atoms with van der Waals surface area (Å²) < 4.78 is 26.5. The van der Waals surface area contributed by atoms with E-state index in [1.165, 1.54) is 29.7 Å². The number of ether oxygens (including phenoxy) is 2. The van der Waals surface area contributed by atoms with Gasteiger partial charge in [-0.2, -0.15) is 10.4 Å². The molecule has 1 spiro atoms. The Morgan fingerprint density at radius 3 is 2.57 bits per heavy atom. The number of hydrogen-bond donors (Lipinski definition) is 0. The Balaban J connectivity index is 1.13. The molecule has 3 aliphatic rings. The lowest BCUT2D eigenvalue weighted by Crippen LogP contribution is -2.73. The molecule has 12 heteroatoms. The third-order valence-corrected chi connectivity index (χ3v) is 9.56. The highest BCUT2D eigenvalue weighted by molar-refractivity contribution is 7.16. The lowest BCUT2D eigenvalue weighted by molar-refractivity contribution is -0.154. The van der Waals surface area contributed by atoms with Gasteiger partial charge < -0.3 is 24.2 Å². The van der Waals surface area contributed by atoms with Crippen LogP contribution in [-0.4, -0.2) is 64.4 Å². The van der Waals surface area contributed by atoms with Crippen molar-refractivity contribution < 1.29 is 18.7 Å². The van der Waals surface area contributed by atoms with Crippen molar-refractivity contribution in [1.82, 2.24) is 19.5 Å². The van der Waals surface area contributed by atoms with E-state index in [2.05, 4.69) is 37.1 Å². The lowest BCUT2D eigenvalue weighted by Gasteiger charge is -2.61. The lowest BCUT2D eigenvalue weighted by atomic mass is 9.72. The Morgan fingerprint density at radius 2 is 1.93 bits per heavy atom. The van der Waals surface area contributed by atoms with Crippen molar-refractivity contribution in [3.8, 4) is 17.3 Å². The quantitative estimate of drug-likeness (QED) is 0.286. The molecule has 3 aliphatic heterocycles. The maximum absolute atomic E-state index is 13.5. The standard InChI is InChI=1S/C32H32FN7O3S/c1-6-22-28(37(5)30-35-27(26(12-34)44-30)20-7-9-21(33)10-8-20)24-11-23(19(2)13-40(24)36-22)38-15-32(16-38)17-39(18-32)29(41)25-14-42-31(3,4)43-25/h7-11,13-14H,6,15-18H2,1-5H3. The van der Waals surface area contributed by atoms with Crippen LogP contribution in [0.15, 0.2) is 48.5 Å². The number of thiazole rings is 1. The molecule has 10 nitrogen and oxygen atoms in total. The summed E-state index contributed by atoms with van der Waals surface area (Å²) in [5.41, 5.74) is 6.35. The van der Waals surface area contributed by atoms with Crippen LogP contribution in [0.3, 0.4) is 0 Å². The van der Waals surface area contributed by atoms with E-state index < -0.39 is 5.79 Å². The minimum Gasteiger partial charge on any atom is -0.456 e. The summed E-state index contributed by atoms with van der Waals surface area (Å²) in [4.78, 5) is 24.3. The van der Waals surface area contributed by atoms with Gasteiger partial charge in [0.1, 0.15) is 28.7 Å². The third kappa shape index (κ3) is 4.54. The molecule has 7 rings (SSSR count). The monoisotopic (exact) mass is 613 g/mol. The number of pyridine rings is 1. The fraction of sp³-hybridized carbons (Fsp3) is 0.375. The Labute approximate surface area is 258 Å². The fourth-order valence-corrected chi connectivity index (χ4v) is 7.24. The summed E-state index contributed by atoms with van der Waals surface area (Å²) in [7, 11) is 1.94. The number of carbonyl (C=O) groups excluding carboxylic acids is 1. The van der Waals surface area contributed by atoms with Gasteiger partial charge in [-0.15, -0.1) is 0 Å². The molecule has 6 heterocycles. The normalized spacial score (nSPS) is 17.9. The molecule has 3 aromatic heterocycles. The number of nitrogens with zero attached hydrogens (tertiary/aromatic N) is 7. The predicted molar refractivity (Wildman–Crippen MR) is 165 cm³/mol. The van der Waals surface area contributed by atoms with Gasteiger partial charge in [-0.1, -0.05) is 18.3 Å². The summed E-state index contributed by atoms with van der Waals surface area (Å²) in [6, 6.07) is 10.5. The average molecular weight is 614 g/mol. The summed E-state index contributed by atoms with van der Waals surface area (Å²) >= 11 is 1.30. The zero-order valence-corrected chi connectivity index (χ0v) is 26.0. The average Bonchev–Trinajstić information content (AvgIpc) is 3.65. The number of rotatable bonds is 6. The van der Waals surface area contributed by atoms with E-state index in [1.54, 1.807) is 26.0 Å². The number of hydrogen-bond acceptors (Lipinski definition) is 9. The first kappa shape index (κ1) is 28.2. The van der Waals surface area contributed by atoms with Gasteiger partial charge in [0.2, 0.25) is 11.5 Å². The number of fused-ring (bicyclic) bond motifs is 1. The Kier molecular flexibility index (Phi) is 6.37. The highest BCUT2D eigenvalue weighted by Crippen LogP contribution is 2.45. The molecule has 0 N–H and O–H groups in total. The van der Waals surface area contributed by atoms with Crippen molar-refractivity contribution in [3.63, 3.8) is 0 Å². The third-order valence-electron chi connectivity index (χ3n) is 8.53. The van der Waals surface area contributed by atoms with Crippen molar-refractivity contribution in [1.29, 1.82) is 5.26 Å².